The van der Waals surface area contributed by atoms with Gasteiger partial charge in [0.2, 0.25) is 5.91 Å². The number of nitrogens with zero attached hydrogens (tertiary/aromatic N) is 3. The normalized spacial score (nSPS) is 25.1. The highest BCUT2D eigenvalue weighted by Crippen LogP contribution is 2.32. The fourth-order valence-corrected chi connectivity index (χ4v) is 3.15. The second kappa shape index (κ2) is 5.83. The van der Waals surface area contributed by atoms with E-state index in [-0.39, 0.29) is 17.6 Å². The predicted octanol–water partition coefficient (Wildman–Crippen LogP) is 1.42. The third kappa shape index (κ3) is 3.38. The van der Waals surface area contributed by atoms with Crippen LogP contribution in [0.2, 0.25) is 0 Å². The molecule has 1 atom stereocenters. The Labute approximate surface area is 129 Å². The van der Waals surface area contributed by atoms with Gasteiger partial charge in [-0.1, -0.05) is 0 Å². The number of hydrogen-bond donors (Lipinski definition) is 1. The van der Waals surface area contributed by atoms with Gasteiger partial charge in [-0.25, -0.2) is 9.37 Å². The first-order chi connectivity index (χ1) is 10.5. The fourth-order valence-electron chi connectivity index (χ4n) is 3.15. The molecule has 2 heterocycles. The lowest BCUT2D eigenvalue weighted by Gasteiger charge is -2.41. The van der Waals surface area contributed by atoms with E-state index in [1.807, 2.05) is 4.90 Å². The smallest absolute Gasteiger partial charge is 0.225 e. The van der Waals surface area contributed by atoms with Crippen LogP contribution >= 0.6 is 0 Å². The Morgan fingerprint density at radius 2 is 2.32 bits per heavy atom. The third-order valence-corrected chi connectivity index (χ3v) is 4.43. The molecule has 0 spiro atoms. The summed E-state index contributed by atoms with van der Waals surface area (Å²) in [5.41, 5.74) is -0.937. The Morgan fingerprint density at radius 1 is 1.55 bits per heavy atom. The second-order valence-corrected chi connectivity index (χ2v) is 6.55. The number of hydrogen-bond acceptors (Lipinski definition) is 4. The van der Waals surface area contributed by atoms with Gasteiger partial charge in [0, 0.05) is 26.1 Å². The van der Waals surface area contributed by atoms with E-state index in [2.05, 4.69) is 4.98 Å². The number of aliphatic hydroxyl groups is 1. The van der Waals surface area contributed by atoms with Crippen LogP contribution in [0.1, 0.15) is 25.7 Å². The minimum atomic E-state index is -0.937. The zero-order valence-corrected chi connectivity index (χ0v) is 12.8. The average Bonchev–Trinajstić information content (AvgIpc) is 3.31. The summed E-state index contributed by atoms with van der Waals surface area (Å²) in [7, 11) is 1.76. The third-order valence-electron chi connectivity index (χ3n) is 4.43. The molecule has 1 saturated heterocycles. The molecule has 1 saturated carbocycles. The molecule has 5 nitrogen and oxygen atoms in total. The molecule has 6 heteroatoms. The zero-order valence-electron chi connectivity index (χ0n) is 12.8. The molecular formula is C16H22FN3O2. The van der Waals surface area contributed by atoms with Crippen molar-refractivity contribution in [3.8, 4) is 0 Å². The van der Waals surface area contributed by atoms with Gasteiger partial charge in [-0.3, -0.25) is 4.79 Å². The summed E-state index contributed by atoms with van der Waals surface area (Å²) in [6.07, 6.45) is 4.60. The van der Waals surface area contributed by atoms with Crippen molar-refractivity contribution in [2.45, 2.75) is 31.3 Å². The summed E-state index contributed by atoms with van der Waals surface area (Å²) < 4.78 is 13.0. The highest BCUT2D eigenvalue weighted by Gasteiger charge is 2.39. The summed E-state index contributed by atoms with van der Waals surface area (Å²) >= 11 is 0. The molecule has 1 N–H and O–H groups in total. The molecule has 0 radical (unpaired) electrons. The van der Waals surface area contributed by atoms with Crippen molar-refractivity contribution in [1.29, 1.82) is 0 Å². The molecular weight excluding hydrogens is 285 g/mol. The lowest BCUT2D eigenvalue weighted by molar-refractivity contribution is -0.134. The summed E-state index contributed by atoms with van der Waals surface area (Å²) in [6.45, 7) is 1.52. The van der Waals surface area contributed by atoms with Crippen molar-refractivity contribution in [3.05, 3.63) is 24.1 Å². The number of rotatable bonds is 4. The van der Waals surface area contributed by atoms with Crippen LogP contribution in [0.25, 0.3) is 0 Å². The molecule has 3 rings (SSSR count). The zero-order chi connectivity index (χ0) is 15.7. The van der Waals surface area contributed by atoms with Gasteiger partial charge < -0.3 is 14.9 Å². The summed E-state index contributed by atoms with van der Waals surface area (Å²) in [5, 5.41) is 10.8. The summed E-state index contributed by atoms with van der Waals surface area (Å²) in [4.78, 5) is 19.7. The molecule has 1 aromatic heterocycles. The van der Waals surface area contributed by atoms with Gasteiger partial charge in [0.15, 0.2) is 0 Å². The van der Waals surface area contributed by atoms with E-state index in [9.17, 15) is 14.3 Å². The van der Waals surface area contributed by atoms with E-state index in [0.29, 0.717) is 25.3 Å². The van der Waals surface area contributed by atoms with Crippen LogP contribution in [0, 0.1) is 11.7 Å². The van der Waals surface area contributed by atoms with Gasteiger partial charge in [-0.2, -0.15) is 0 Å². The Hall–Kier alpha value is -1.69. The number of carbonyl (C=O) groups excluding carboxylic acids is 1. The average molecular weight is 307 g/mol. The van der Waals surface area contributed by atoms with E-state index in [1.54, 1.807) is 18.0 Å². The lowest BCUT2D eigenvalue weighted by Crippen LogP contribution is -2.55. The van der Waals surface area contributed by atoms with Gasteiger partial charge in [-0.05, 0) is 37.8 Å². The molecule has 22 heavy (non-hydrogen) atoms. The number of pyridine rings is 1. The van der Waals surface area contributed by atoms with E-state index in [0.717, 1.165) is 25.8 Å². The number of aromatic nitrogens is 1. The van der Waals surface area contributed by atoms with Crippen molar-refractivity contribution < 1.29 is 14.3 Å². The van der Waals surface area contributed by atoms with Gasteiger partial charge in [-0.15, -0.1) is 0 Å². The van der Waals surface area contributed by atoms with Gasteiger partial charge in [0.25, 0.3) is 0 Å². The molecule has 120 valence electrons. The van der Waals surface area contributed by atoms with Crippen LogP contribution in [0.3, 0.4) is 0 Å². The molecule has 0 bridgehead atoms. The highest BCUT2D eigenvalue weighted by molar-refractivity contribution is 5.80. The Balaban J connectivity index is 1.65. The lowest BCUT2D eigenvalue weighted by atomic mass is 9.92. The van der Waals surface area contributed by atoms with Gasteiger partial charge >= 0.3 is 0 Å². The number of carbonyl (C=O) groups is 1. The first kappa shape index (κ1) is 15.2. The minimum Gasteiger partial charge on any atom is -0.386 e. The van der Waals surface area contributed by atoms with Crippen LogP contribution in [-0.4, -0.2) is 53.2 Å². The van der Waals surface area contributed by atoms with Crippen LogP contribution in [-0.2, 0) is 4.79 Å². The van der Waals surface area contributed by atoms with Crippen molar-refractivity contribution >= 4 is 11.7 Å². The summed E-state index contributed by atoms with van der Waals surface area (Å²) in [6, 6.07) is 3.00. The van der Waals surface area contributed by atoms with Crippen molar-refractivity contribution in [1.82, 2.24) is 9.88 Å². The SMILES string of the molecule is CN(C[C@]1(O)CCCN(c2ccc(F)cn2)C1)C(=O)C1CC1. The Morgan fingerprint density at radius 3 is 2.95 bits per heavy atom. The monoisotopic (exact) mass is 307 g/mol. The minimum absolute atomic E-state index is 0.130. The number of piperidine rings is 1. The first-order valence-corrected chi connectivity index (χ1v) is 7.81. The van der Waals surface area contributed by atoms with E-state index < -0.39 is 5.60 Å². The molecule has 0 unspecified atom stereocenters. The van der Waals surface area contributed by atoms with Crippen molar-refractivity contribution in [2.24, 2.45) is 5.92 Å². The molecule has 2 fully saturated rings. The quantitative estimate of drug-likeness (QED) is 0.914. The number of likely N-dealkylation sites (N-methyl/N-ethyl adjacent to an activating group) is 1. The standard InChI is InChI=1S/C16H22FN3O2/c1-19(15(21)12-3-4-12)10-16(22)7-2-8-20(11-16)14-6-5-13(17)9-18-14/h5-6,9,12,22H,2-4,7-8,10-11H2,1H3/t16-/m1/s1. The molecule has 2 aliphatic rings. The van der Waals surface area contributed by atoms with Crippen molar-refractivity contribution in [2.75, 3.05) is 31.6 Å². The van der Waals surface area contributed by atoms with Crippen LogP contribution < -0.4 is 4.90 Å². The van der Waals surface area contributed by atoms with E-state index in [1.165, 1.54) is 12.3 Å². The number of amides is 1. The van der Waals surface area contributed by atoms with Crippen molar-refractivity contribution in [3.63, 3.8) is 0 Å². The van der Waals surface area contributed by atoms with E-state index >= 15 is 0 Å². The molecule has 0 aromatic carbocycles. The van der Waals surface area contributed by atoms with Crippen LogP contribution in [0.5, 0.6) is 0 Å². The Kier molecular flexibility index (Phi) is 4.04. The maximum atomic E-state index is 13.0. The molecule has 1 aromatic rings. The van der Waals surface area contributed by atoms with Gasteiger partial charge in [0.05, 0.1) is 18.3 Å². The summed E-state index contributed by atoms with van der Waals surface area (Å²) in [5.74, 6) is 0.582. The van der Waals surface area contributed by atoms with E-state index in [4.69, 9.17) is 0 Å². The number of halogens is 1. The molecule has 1 aliphatic heterocycles. The maximum absolute atomic E-state index is 13.0. The number of β-amino-alcohol motifs (C(OH)–C–C–N with tert-alkyl or cyclic N) is 1. The van der Waals surface area contributed by atoms with Crippen LogP contribution in [0.15, 0.2) is 18.3 Å². The van der Waals surface area contributed by atoms with Gasteiger partial charge in [0.1, 0.15) is 11.6 Å². The Bertz CT molecular complexity index is 547. The second-order valence-electron chi connectivity index (χ2n) is 6.55. The highest BCUT2D eigenvalue weighted by atomic mass is 19.1. The first-order valence-electron chi connectivity index (χ1n) is 7.81. The molecule has 1 amide bonds. The maximum Gasteiger partial charge on any atom is 0.225 e. The van der Waals surface area contributed by atoms with Crippen LogP contribution in [0.4, 0.5) is 10.2 Å². The predicted molar refractivity (Wildman–Crippen MR) is 81.0 cm³/mol. The topological polar surface area (TPSA) is 56.7 Å². The fraction of sp³-hybridized carbons (Fsp3) is 0.625. The molecule has 1 aliphatic carbocycles. The number of anilines is 1. The largest absolute Gasteiger partial charge is 0.386 e.